The van der Waals surface area contributed by atoms with E-state index in [1.165, 1.54) is 6.07 Å². The molecule has 2 aromatic carbocycles. The second kappa shape index (κ2) is 6.53. The molecule has 0 bridgehead atoms. The standard InChI is InChI=1S/C20H23N3O3/c1-13-8-7-11-16-18(13)21-19(22(16)12-17(24)20(2,3)4)14-9-5-6-10-15(14)23(25)26/h5-11,17,24H,12H2,1-4H3. The first kappa shape index (κ1) is 18.1. The molecule has 1 unspecified atom stereocenters. The number of fused-ring (bicyclic) bond motifs is 1. The number of rotatable bonds is 4. The summed E-state index contributed by atoms with van der Waals surface area (Å²) in [6.07, 6.45) is -0.623. The number of aryl methyl sites for hydroxylation is 1. The Kier molecular flexibility index (Phi) is 4.54. The van der Waals surface area contributed by atoms with Gasteiger partial charge in [-0.15, -0.1) is 0 Å². The Labute approximate surface area is 152 Å². The van der Waals surface area contributed by atoms with Crippen LogP contribution in [0, 0.1) is 22.5 Å². The van der Waals surface area contributed by atoms with Crippen molar-refractivity contribution in [2.45, 2.75) is 40.3 Å². The van der Waals surface area contributed by atoms with Gasteiger partial charge in [0, 0.05) is 6.07 Å². The molecule has 1 N–H and O–H groups in total. The number of benzene rings is 2. The number of nitrogens with zero attached hydrogens (tertiary/aromatic N) is 3. The second-order valence-electron chi connectivity index (χ2n) is 7.64. The molecule has 26 heavy (non-hydrogen) atoms. The van der Waals surface area contributed by atoms with Crippen LogP contribution in [0.5, 0.6) is 0 Å². The zero-order chi connectivity index (χ0) is 19.1. The summed E-state index contributed by atoms with van der Waals surface area (Å²) in [5.74, 6) is 0.505. The van der Waals surface area contributed by atoms with E-state index in [4.69, 9.17) is 4.98 Å². The van der Waals surface area contributed by atoms with Gasteiger partial charge >= 0.3 is 0 Å². The maximum absolute atomic E-state index is 11.5. The second-order valence-corrected chi connectivity index (χ2v) is 7.64. The molecule has 0 saturated heterocycles. The monoisotopic (exact) mass is 353 g/mol. The number of imidazole rings is 1. The van der Waals surface area contributed by atoms with E-state index in [1.807, 2.05) is 50.5 Å². The average molecular weight is 353 g/mol. The zero-order valence-corrected chi connectivity index (χ0v) is 15.4. The van der Waals surface area contributed by atoms with E-state index < -0.39 is 11.0 Å². The van der Waals surface area contributed by atoms with Crippen molar-refractivity contribution >= 4 is 16.7 Å². The number of aromatic nitrogens is 2. The number of aliphatic hydroxyl groups is 1. The van der Waals surface area contributed by atoms with Crippen molar-refractivity contribution in [1.29, 1.82) is 0 Å². The largest absolute Gasteiger partial charge is 0.391 e. The van der Waals surface area contributed by atoms with E-state index in [2.05, 4.69) is 0 Å². The summed E-state index contributed by atoms with van der Waals surface area (Å²) in [5, 5.41) is 22.1. The highest BCUT2D eigenvalue weighted by atomic mass is 16.6. The van der Waals surface area contributed by atoms with Gasteiger partial charge in [-0.3, -0.25) is 10.1 Å². The fraction of sp³-hybridized carbons (Fsp3) is 0.350. The minimum atomic E-state index is -0.623. The fourth-order valence-electron chi connectivity index (χ4n) is 2.95. The van der Waals surface area contributed by atoms with Crippen molar-refractivity contribution in [2.75, 3.05) is 0 Å². The Morgan fingerprint density at radius 1 is 1.19 bits per heavy atom. The summed E-state index contributed by atoms with van der Waals surface area (Å²) in [4.78, 5) is 15.8. The maximum atomic E-state index is 11.5. The van der Waals surface area contributed by atoms with Crippen LogP contribution < -0.4 is 0 Å². The third-order valence-electron chi connectivity index (χ3n) is 4.68. The lowest BCUT2D eigenvalue weighted by atomic mass is 9.89. The zero-order valence-electron chi connectivity index (χ0n) is 15.4. The minimum Gasteiger partial charge on any atom is -0.391 e. The topological polar surface area (TPSA) is 81.2 Å². The van der Waals surface area contributed by atoms with Crippen molar-refractivity contribution in [3.63, 3.8) is 0 Å². The van der Waals surface area contributed by atoms with Crippen LogP contribution in [0.2, 0.25) is 0 Å². The highest BCUT2D eigenvalue weighted by molar-refractivity contribution is 5.85. The van der Waals surface area contributed by atoms with E-state index in [0.717, 1.165) is 16.6 Å². The minimum absolute atomic E-state index is 0.00644. The van der Waals surface area contributed by atoms with Gasteiger partial charge in [0.05, 0.1) is 34.2 Å². The molecule has 0 saturated carbocycles. The summed E-state index contributed by atoms with van der Waals surface area (Å²) in [7, 11) is 0. The number of hydrogen-bond donors (Lipinski definition) is 1. The SMILES string of the molecule is Cc1cccc2c1nc(-c1ccccc1[N+](=O)[O-])n2CC(O)C(C)(C)C. The molecule has 0 fully saturated rings. The third-order valence-corrected chi connectivity index (χ3v) is 4.68. The number of nitro groups is 1. The molecule has 0 radical (unpaired) electrons. The molecule has 1 atom stereocenters. The van der Waals surface area contributed by atoms with Crippen LogP contribution in [0.3, 0.4) is 0 Å². The molecule has 136 valence electrons. The van der Waals surface area contributed by atoms with Gasteiger partial charge in [0.2, 0.25) is 0 Å². The van der Waals surface area contributed by atoms with Gasteiger partial charge in [-0.2, -0.15) is 0 Å². The molecular formula is C20H23N3O3. The first-order valence-electron chi connectivity index (χ1n) is 8.58. The molecule has 0 amide bonds. The van der Waals surface area contributed by atoms with Crippen molar-refractivity contribution in [1.82, 2.24) is 9.55 Å². The first-order chi connectivity index (χ1) is 12.2. The van der Waals surface area contributed by atoms with Crippen LogP contribution in [-0.4, -0.2) is 25.7 Å². The van der Waals surface area contributed by atoms with Crippen molar-refractivity contribution < 1.29 is 10.0 Å². The molecule has 0 spiro atoms. The lowest BCUT2D eigenvalue weighted by Crippen LogP contribution is -2.30. The molecule has 0 aliphatic carbocycles. The van der Waals surface area contributed by atoms with Crippen LogP contribution in [0.1, 0.15) is 26.3 Å². The van der Waals surface area contributed by atoms with Crippen LogP contribution in [0.4, 0.5) is 5.69 Å². The van der Waals surface area contributed by atoms with Gasteiger partial charge in [-0.25, -0.2) is 4.98 Å². The quantitative estimate of drug-likeness (QED) is 0.559. The average Bonchev–Trinajstić information content (AvgIpc) is 2.94. The van der Waals surface area contributed by atoms with E-state index in [-0.39, 0.29) is 11.1 Å². The van der Waals surface area contributed by atoms with Gasteiger partial charge in [-0.1, -0.05) is 45.0 Å². The van der Waals surface area contributed by atoms with E-state index in [0.29, 0.717) is 17.9 Å². The maximum Gasteiger partial charge on any atom is 0.280 e. The molecule has 0 aliphatic rings. The Hall–Kier alpha value is -2.73. The number of aliphatic hydroxyl groups excluding tert-OH is 1. The van der Waals surface area contributed by atoms with Crippen LogP contribution in [-0.2, 0) is 6.54 Å². The molecule has 1 heterocycles. The van der Waals surface area contributed by atoms with Crippen molar-refractivity contribution in [3.05, 3.63) is 58.1 Å². The fourth-order valence-corrected chi connectivity index (χ4v) is 2.95. The highest BCUT2D eigenvalue weighted by Gasteiger charge is 2.27. The van der Waals surface area contributed by atoms with Crippen molar-refractivity contribution in [3.8, 4) is 11.4 Å². The van der Waals surface area contributed by atoms with Gasteiger partial charge in [0.1, 0.15) is 5.82 Å². The summed E-state index contributed by atoms with van der Waals surface area (Å²) in [6, 6.07) is 12.4. The van der Waals surface area contributed by atoms with Crippen LogP contribution in [0.15, 0.2) is 42.5 Å². The summed E-state index contributed by atoms with van der Waals surface area (Å²) < 4.78 is 1.89. The molecular weight excluding hydrogens is 330 g/mol. The Morgan fingerprint density at radius 2 is 1.88 bits per heavy atom. The van der Waals surface area contributed by atoms with Crippen LogP contribution in [0.25, 0.3) is 22.4 Å². The molecule has 1 aromatic heterocycles. The number of hydrogen-bond acceptors (Lipinski definition) is 4. The van der Waals surface area contributed by atoms with Gasteiger partial charge < -0.3 is 9.67 Å². The third kappa shape index (κ3) is 3.20. The Balaban J connectivity index is 2.27. The predicted molar refractivity (Wildman–Crippen MR) is 102 cm³/mol. The van der Waals surface area contributed by atoms with Gasteiger partial charge in [0.15, 0.2) is 0 Å². The van der Waals surface area contributed by atoms with Crippen LogP contribution >= 0.6 is 0 Å². The first-order valence-corrected chi connectivity index (χ1v) is 8.58. The Morgan fingerprint density at radius 3 is 2.54 bits per heavy atom. The lowest BCUT2D eigenvalue weighted by Gasteiger charge is -2.27. The molecule has 3 aromatic rings. The van der Waals surface area contributed by atoms with Gasteiger partial charge in [0.25, 0.3) is 5.69 Å². The molecule has 6 nitrogen and oxygen atoms in total. The normalized spacial score (nSPS) is 13.1. The number of para-hydroxylation sites is 2. The van der Waals surface area contributed by atoms with Crippen molar-refractivity contribution in [2.24, 2.45) is 5.41 Å². The predicted octanol–water partition coefficient (Wildman–Crippen LogP) is 4.33. The van der Waals surface area contributed by atoms with E-state index in [9.17, 15) is 15.2 Å². The molecule has 3 rings (SSSR count). The molecule has 6 heteroatoms. The van der Waals surface area contributed by atoms with Gasteiger partial charge in [-0.05, 0) is 30.0 Å². The molecule has 0 aliphatic heterocycles. The Bertz CT molecular complexity index is 970. The summed E-state index contributed by atoms with van der Waals surface area (Å²) in [5.41, 5.74) is 2.79. The smallest absolute Gasteiger partial charge is 0.280 e. The van der Waals surface area contributed by atoms with E-state index in [1.54, 1.807) is 18.2 Å². The lowest BCUT2D eigenvalue weighted by molar-refractivity contribution is -0.384. The number of nitro benzene ring substituents is 1. The highest BCUT2D eigenvalue weighted by Crippen LogP contribution is 2.34. The summed E-state index contributed by atoms with van der Waals surface area (Å²) >= 11 is 0. The summed E-state index contributed by atoms with van der Waals surface area (Å²) in [6.45, 7) is 8.17. The van der Waals surface area contributed by atoms with E-state index >= 15 is 0 Å².